The van der Waals surface area contributed by atoms with Crippen LogP contribution in [0.1, 0.15) is 11.1 Å². The monoisotopic (exact) mass is 433 g/mol. The molecule has 6 nitrogen and oxygen atoms in total. The van der Waals surface area contributed by atoms with Crippen molar-refractivity contribution >= 4 is 33.4 Å². The molecule has 7 heteroatoms. The number of halogens is 1. The van der Waals surface area contributed by atoms with Gasteiger partial charge in [0.25, 0.3) is 0 Å². The van der Waals surface area contributed by atoms with E-state index in [1.54, 1.807) is 13.2 Å². The van der Waals surface area contributed by atoms with E-state index in [2.05, 4.69) is 26.6 Å². The number of benzene rings is 2. The molecule has 0 aliphatic carbocycles. The summed E-state index contributed by atoms with van der Waals surface area (Å²) in [6, 6.07) is 13.4. The van der Waals surface area contributed by atoms with Crippen LogP contribution in [-0.4, -0.2) is 44.0 Å². The van der Waals surface area contributed by atoms with Gasteiger partial charge in [-0.15, -0.1) is 0 Å². The largest absolute Gasteiger partial charge is 0.495 e. The van der Waals surface area contributed by atoms with Crippen LogP contribution in [0.3, 0.4) is 0 Å². The van der Waals surface area contributed by atoms with Gasteiger partial charge in [0.1, 0.15) is 5.75 Å². The summed E-state index contributed by atoms with van der Waals surface area (Å²) in [7, 11) is 3.41. The molecule has 0 aromatic heterocycles. The Kier molecular flexibility index (Phi) is 7.82. The van der Waals surface area contributed by atoms with Crippen molar-refractivity contribution in [2.24, 2.45) is 0 Å². The third-order valence-electron chi connectivity index (χ3n) is 3.85. The Labute approximate surface area is 168 Å². The summed E-state index contributed by atoms with van der Waals surface area (Å²) in [4.78, 5) is 26.1. The number of methoxy groups -OCH3 is 1. The van der Waals surface area contributed by atoms with E-state index in [-0.39, 0.29) is 24.9 Å². The number of anilines is 1. The predicted molar refractivity (Wildman–Crippen MR) is 110 cm³/mol. The Balaban J connectivity index is 1.78. The number of ether oxygens (including phenoxy) is 1. The Bertz CT molecular complexity index is 794. The summed E-state index contributed by atoms with van der Waals surface area (Å²) in [5.41, 5.74) is 2.70. The lowest BCUT2D eigenvalue weighted by molar-refractivity contribution is -0.124. The van der Waals surface area contributed by atoms with E-state index in [1.165, 1.54) is 0 Å². The Morgan fingerprint density at radius 3 is 2.48 bits per heavy atom. The molecule has 0 aliphatic heterocycles. The van der Waals surface area contributed by atoms with Crippen LogP contribution in [-0.2, 0) is 16.1 Å². The van der Waals surface area contributed by atoms with E-state index < -0.39 is 0 Å². The standard InChI is InChI=1S/C20H24BrN3O3/c1-14-4-9-18(27-3)17(10-14)23-19(25)11-22-20(26)13-24(2)12-15-5-7-16(21)8-6-15/h4-10H,11-13H2,1-3H3,(H,22,26)(H,23,25). The second-order valence-electron chi connectivity index (χ2n) is 6.33. The molecule has 2 rings (SSSR count). The molecule has 0 aliphatic rings. The quantitative estimate of drug-likeness (QED) is 0.671. The minimum absolute atomic E-state index is 0.0952. The maximum absolute atomic E-state index is 12.1. The van der Waals surface area contributed by atoms with Gasteiger partial charge in [-0.25, -0.2) is 0 Å². The predicted octanol–water partition coefficient (Wildman–Crippen LogP) is 2.95. The second kappa shape index (κ2) is 10.1. The lowest BCUT2D eigenvalue weighted by Crippen LogP contribution is -2.39. The molecule has 0 bridgehead atoms. The number of carbonyl (C=O) groups excluding carboxylic acids is 2. The average molecular weight is 434 g/mol. The maximum Gasteiger partial charge on any atom is 0.243 e. The topological polar surface area (TPSA) is 70.7 Å². The fraction of sp³-hybridized carbons (Fsp3) is 0.300. The molecule has 0 saturated carbocycles. The highest BCUT2D eigenvalue weighted by atomic mass is 79.9. The minimum atomic E-state index is -0.303. The zero-order chi connectivity index (χ0) is 19.8. The molecule has 0 spiro atoms. The molecule has 2 aromatic rings. The molecular weight excluding hydrogens is 410 g/mol. The van der Waals surface area contributed by atoms with Crippen LogP contribution in [0.4, 0.5) is 5.69 Å². The van der Waals surface area contributed by atoms with Gasteiger partial charge >= 0.3 is 0 Å². The molecule has 0 fully saturated rings. The van der Waals surface area contributed by atoms with Crippen molar-refractivity contribution in [2.45, 2.75) is 13.5 Å². The third kappa shape index (κ3) is 7.03. The van der Waals surface area contributed by atoms with Crippen molar-refractivity contribution in [1.82, 2.24) is 10.2 Å². The molecule has 2 N–H and O–H groups in total. The van der Waals surface area contributed by atoms with Gasteiger partial charge in [0, 0.05) is 11.0 Å². The highest BCUT2D eigenvalue weighted by Crippen LogP contribution is 2.24. The van der Waals surface area contributed by atoms with Crippen molar-refractivity contribution in [1.29, 1.82) is 0 Å². The van der Waals surface area contributed by atoms with Crippen LogP contribution in [0.25, 0.3) is 0 Å². The smallest absolute Gasteiger partial charge is 0.243 e. The molecule has 0 heterocycles. The molecule has 0 atom stereocenters. The number of nitrogens with one attached hydrogen (secondary N) is 2. The summed E-state index contributed by atoms with van der Waals surface area (Å²) < 4.78 is 6.25. The van der Waals surface area contributed by atoms with E-state index in [0.29, 0.717) is 18.0 Å². The Hall–Kier alpha value is -2.38. The van der Waals surface area contributed by atoms with Crippen LogP contribution >= 0.6 is 15.9 Å². The van der Waals surface area contributed by atoms with Crippen LogP contribution in [0.2, 0.25) is 0 Å². The molecular formula is C20H24BrN3O3. The number of rotatable bonds is 8. The maximum atomic E-state index is 12.1. The van der Waals surface area contributed by atoms with E-state index >= 15 is 0 Å². The summed E-state index contributed by atoms with van der Waals surface area (Å²) >= 11 is 3.40. The summed E-state index contributed by atoms with van der Waals surface area (Å²) in [6.07, 6.45) is 0. The molecule has 0 radical (unpaired) electrons. The van der Waals surface area contributed by atoms with Crippen molar-refractivity contribution in [2.75, 3.05) is 32.6 Å². The van der Waals surface area contributed by atoms with E-state index in [9.17, 15) is 9.59 Å². The van der Waals surface area contributed by atoms with Crippen LogP contribution in [0, 0.1) is 6.92 Å². The number of nitrogens with zero attached hydrogens (tertiary/aromatic N) is 1. The third-order valence-corrected chi connectivity index (χ3v) is 4.38. The zero-order valence-electron chi connectivity index (χ0n) is 15.7. The number of aryl methyl sites for hydroxylation is 1. The van der Waals surface area contributed by atoms with Gasteiger partial charge in [0.2, 0.25) is 11.8 Å². The van der Waals surface area contributed by atoms with Gasteiger partial charge in [0.05, 0.1) is 25.9 Å². The van der Waals surface area contributed by atoms with E-state index in [4.69, 9.17) is 4.74 Å². The Morgan fingerprint density at radius 1 is 1.11 bits per heavy atom. The van der Waals surface area contributed by atoms with Gasteiger partial charge in [0.15, 0.2) is 0 Å². The summed E-state index contributed by atoms with van der Waals surface area (Å²) in [6.45, 7) is 2.69. The van der Waals surface area contributed by atoms with Gasteiger partial charge < -0.3 is 15.4 Å². The van der Waals surface area contributed by atoms with Crippen LogP contribution in [0.5, 0.6) is 5.75 Å². The number of carbonyl (C=O) groups is 2. The van der Waals surface area contributed by atoms with Crippen molar-refractivity contribution in [3.63, 3.8) is 0 Å². The first-order valence-corrected chi connectivity index (χ1v) is 9.31. The molecule has 2 aromatic carbocycles. The van der Waals surface area contributed by atoms with E-state index in [1.807, 2.05) is 55.3 Å². The molecule has 0 unspecified atom stereocenters. The highest BCUT2D eigenvalue weighted by Gasteiger charge is 2.11. The fourth-order valence-electron chi connectivity index (χ4n) is 2.55. The first-order chi connectivity index (χ1) is 12.9. The molecule has 2 amide bonds. The first kappa shape index (κ1) is 20.9. The van der Waals surface area contributed by atoms with Crippen molar-refractivity contribution in [3.05, 3.63) is 58.1 Å². The number of amides is 2. The molecule has 0 saturated heterocycles. The first-order valence-electron chi connectivity index (χ1n) is 8.51. The lowest BCUT2D eigenvalue weighted by Gasteiger charge is -2.16. The van der Waals surface area contributed by atoms with Gasteiger partial charge in [-0.05, 0) is 49.4 Å². The SMILES string of the molecule is COc1ccc(C)cc1NC(=O)CNC(=O)CN(C)Cc1ccc(Br)cc1. The number of hydrogen-bond donors (Lipinski definition) is 2. The van der Waals surface area contributed by atoms with Crippen LogP contribution in [0.15, 0.2) is 46.9 Å². The van der Waals surface area contributed by atoms with Crippen molar-refractivity contribution in [3.8, 4) is 5.75 Å². The highest BCUT2D eigenvalue weighted by molar-refractivity contribution is 9.10. The zero-order valence-corrected chi connectivity index (χ0v) is 17.3. The summed E-state index contributed by atoms with van der Waals surface area (Å²) in [5, 5.41) is 5.40. The Morgan fingerprint density at radius 2 is 1.81 bits per heavy atom. The fourth-order valence-corrected chi connectivity index (χ4v) is 2.82. The van der Waals surface area contributed by atoms with Crippen LogP contribution < -0.4 is 15.4 Å². The second-order valence-corrected chi connectivity index (χ2v) is 7.24. The summed E-state index contributed by atoms with van der Waals surface area (Å²) in [5.74, 6) is 0.0679. The minimum Gasteiger partial charge on any atom is -0.495 e. The van der Waals surface area contributed by atoms with Gasteiger partial charge in [-0.1, -0.05) is 34.1 Å². The number of hydrogen-bond acceptors (Lipinski definition) is 4. The molecule has 27 heavy (non-hydrogen) atoms. The normalized spacial score (nSPS) is 10.6. The lowest BCUT2D eigenvalue weighted by atomic mass is 10.2. The number of likely N-dealkylation sites (N-methyl/N-ethyl adjacent to an activating group) is 1. The van der Waals surface area contributed by atoms with Crippen molar-refractivity contribution < 1.29 is 14.3 Å². The average Bonchev–Trinajstić information content (AvgIpc) is 2.62. The van der Waals surface area contributed by atoms with Gasteiger partial charge in [-0.2, -0.15) is 0 Å². The van der Waals surface area contributed by atoms with E-state index in [0.717, 1.165) is 15.6 Å². The van der Waals surface area contributed by atoms with Gasteiger partial charge in [-0.3, -0.25) is 14.5 Å². The molecule has 144 valence electrons.